The quantitative estimate of drug-likeness (QED) is 0.832. The van der Waals surface area contributed by atoms with Gasteiger partial charge in [-0.2, -0.15) is 0 Å². The van der Waals surface area contributed by atoms with Crippen molar-refractivity contribution in [3.8, 4) is 0 Å². The van der Waals surface area contributed by atoms with E-state index in [1.165, 1.54) is 6.07 Å². The summed E-state index contributed by atoms with van der Waals surface area (Å²) in [6.07, 6.45) is 0.261. The van der Waals surface area contributed by atoms with E-state index in [0.717, 1.165) is 5.56 Å². The second kappa shape index (κ2) is 7.02. The van der Waals surface area contributed by atoms with Gasteiger partial charge in [0.15, 0.2) is 5.60 Å². The SMILES string of the molecule is CC(C)N(C)c1ccc(NC(=O)C2(C)Cc3ccccc3C(=O)O2)cc1F. The Labute approximate surface area is 158 Å². The van der Waals surface area contributed by atoms with Crippen molar-refractivity contribution >= 4 is 23.3 Å². The van der Waals surface area contributed by atoms with Gasteiger partial charge in [0.2, 0.25) is 0 Å². The lowest BCUT2D eigenvalue weighted by atomic mass is 9.89. The van der Waals surface area contributed by atoms with Gasteiger partial charge in [-0.05, 0) is 50.6 Å². The maximum atomic E-state index is 14.4. The highest BCUT2D eigenvalue weighted by molar-refractivity contribution is 6.02. The van der Waals surface area contributed by atoms with Gasteiger partial charge in [-0.15, -0.1) is 0 Å². The van der Waals surface area contributed by atoms with Gasteiger partial charge in [-0.3, -0.25) is 4.79 Å². The molecule has 5 nitrogen and oxygen atoms in total. The number of anilines is 2. The number of ether oxygens (including phenoxy) is 1. The molecule has 3 rings (SSSR count). The van der Waals surface area contributed by atoms with Crippen molar-refractivity contribution in [2.45, 2.75) is 38.8 Å². The van der Waals surface area contributed by atoms with E-state index in [1.54, 1.807) is 44.3 Å². The fourth-order valence-electron chi connectivity index (χ4n) is 3.07. The van der Waals surface area contributed by atoms with Crippen molar-refractivity contribution in [3.05, 3.63) is 59.4 Å². The van der Waals surface area contributed by atoms with E-state index in [0.29, 0.717) is 16.9 Å². The van der Waals surface area contributed by atoms with E-state index in [9.17, 15) is 14.0 Å². The number of hydrogen-bond donors (Lipinski definition) is 1. The van der Waals surface area contributed by atoms with E-state index in [1.807, 2.05) is 24.8 Å². The van der Waals surface area contributed by atoms with Gasteiger partial charge in [0, 0.05) is 25.2 Å². The number of rotatable bonds is 4. The molecule has 1 N–H and O–H groups in total. The Morgan fingerprint density at radius 1 is 1.26 bits per heavy atom. The van der Waals surface area contributed by atoms with Crippen LogP contribution in [0.3, 0.4) is 0 Å². The Bertz CT molecular complexity index is 897. The van der Waals surface area contributed by atoms with Gasteiger partial charge < -0.3 is 15.0 Å². The molecule has 0 aromatic heterocycles. The third-order valence-corrected chi connectivity index (χ3v) is 4.92. The number of esters is 1. The topological polar surface area (TPSA) is 58.6 Å². The van der Waals surface area contributed by atoms with Gasteiger partial charge in [-0.1, -0.05) is 18.2 Å². The molecule has 27 heavy (non-hydrogen) atoms. The fourth-order valence-corrected chi connectivity index (χ4v) is 3.07. The van der Waals surface area contributed by atoms with E-state index < -0.39 is 23.3 Å². The Morgan fingerprint density at radius 2 is 1.96 bits per heavy atom. The van der Waals surface area contributed by atoms with Crippen LogP contribution in [0.1, 0.15) is 36.7 Å². The predicted octanol–water partition coefficient (Wildman–Crippen LogP) is 3.78. The standard InChI is InChI=1S/C21H23FN2O3/c1-13(2)24(4)18-10-9-15(11-17(18)22)23-20(26)21(3)12-14-7-5-6-8-16(14)19(25)27-21/h5-11,13H,12H2,1-4H3,(H,23,26). The normalized spacial score (nSPS) is 18.7. The van der Waals surface area contributed by atoms with Crippen LogP contribution in [-0.2, 0) is 16.0 Å². The van der Waals surface area contributed by atoms with Crippen molar-refractivity contribution in [3.63, 3.8) is 0 Å². The van der Waals surface area contributed by atoms with Gasteiger partial charge in [-0.25, -0.2) is 9.18 Å². The van der Waals surface area contributed by atoms with Gasteiger partial charge in [0.05, 0.1) is 11.3 Å². The summed E-state index contributed by atoms with van der Waals surface area (Å²) in [6, 6.07) is 11.7. The highest BCUT2D eigenvalue weighted by Gasteiger charge is 2.42. The van der Waals surface area contributed by atoms with Gasteiger partial charge >= 0.3 is 5.97 Å². The number of cyclic esters (lactones) is 1. The highest BCUT2D eigenvalue weighted by atomic mass is 19.1. The number of carbonyl (C=O) groups is 2. The van der Waals surface area contributed by atoms with Gasteiger partial charge in [0.25, 0.3) is 5.91 Å². The van der Waals surface area contributed by atoms with Crippen LogP contribution < -0.4 is 10.2 Å². The van der Waals surface area contributed by atoms with Crippen molar-refractivity contribution in [1.29, 1.82) is 0 Å². The van der Waals surface area contributed by atoms with Crippen molar-refractivity contribution in [1.82, 2.24) is 0 Å². The lowest BCUT2D eigenvalue weighted by Gasteiger charge is -2.33. The molecule has 1 amide bonds. The molecule has 0 saturated heterocycles. The molecule has 0 bridgehead atoms. The van der Waals surface area contributed by atoms with E-state index in [-0.39, 0.29) is 12.5 Å². The molecular weight excluding hydrogens is 347 g/mol. The minimum Gasteiger partial charge on any atom is -0.445 e. The Hall–Kier alpha value is -2.89. The average molecular weight is 370 g/mol. The molecular formula is C21H23FN2O3. The molecule has 6 heteroatoms. The summed E-state index contributed by atoms with van der Waals surface area (Å²) in [7, 11) is 1.81. The van der Waals surface area contributed by atoms with Crippen molar-refractivity contribution in [2.75, 3.05) is 17.3 Å². The monoisotopic (exact) mass is 370 g/mol. The second-order valence-corrected chi connectivity index (χ2v) is 7.28. The zero-order chi connectivity index (χ0) is 19.8. The largest absolute Gasteiger partial charge is 0.445 e. The first-order chi connectivity index (χ1) is 12.7. The number of nitrogens with zero attached hydrogens (tertiary/aromatic N) is 1. The van der Waals surface area contributed by atoms with Crippen LogP contribution in [0.15, 0.2) is 42.5 Å². The molecule has 0 saturated carbocycles. The van der Waals surface area contributed by atoms with Crippen LogP contribution in [0.4, 0.5) is 15.8 Å². The molecule has 1 atom stereocenters. The van der Waals surface area contributed by atoms with Crippen molar-refractivity contribution in [2.24, 2.45) is 0 Å². The zero-order valence-electron chi connectivity index (χ0n) is 15.9. The number of hydrogen-bond acceptors (Lipinski definition) is 4. The maximum absolute atomic E-state index is 14.4. The summed E-state index contributed by atoms with van der Waals surface area (Å²) < 4.78 is 19.8. The molecule has 0 radical (unpaired) electrons. The number of nitrogens with one attached hydrogen (secondary N) is 1. The lowest BCUT2D eigenvalue weighted by molar-refractivity contribution is -0.134. The summed E-state index contributed by atoms with van der Waals surface area (Å²) in [6.45, 7) is 5.49. The Kier molecular flexibility index (Phi) is 4.91. The number of benzene rings is 2. The number of fused-ring (bicyclic) bond motifs is 1. The van der Waals surface area contributed by atoms with E-state index in [4.69, 9.17) is 4.74 Å². The first kappa shape index (κ1) is 18.9. The molecule has 1 heterocycles. The van der Waals surface area contributed by atoms with Crippen molar-refractivity contribution < 1.29 is 18.7 Å². The van der Waals surface area contributed by atoms with E-state index >= 15 is 0 Å². The third-order valence-electron chi connectivity index (χ3n) is 4.92. The third kappa shape index (κ3) is 3.65. The molecule has 1 aliphatic heterocycles. The second-order valence-electron chi connectivity index (χ2n) is 7.28. The molecule has 0 aliphatic carbocycles. The minimum absolute atomic E-state index is 0.139. The number of amides is 1. The molecule has 2 aromatic carbocycles. The van der Waals surface area contributed by atoms with Crippen LogP contribution in [0.5, 0.6) is 0 Å². The molecule has 1 aliphatic rings. The smallest absolute Gasteiger partial charge is 0.339 e. The van der Waals surface area contributed by atoms with Crippen LogP contribution in [0, 0.1) is 5.82 Å². The first-order valence-electron chi connectivity index (χ1n) is 8.86. The molecule has 142 valence electrons. The molecule has 0 fully saturated rings. The first-order valence-corrected chi connectivity index (χ1v) is 8.86. The lowest BCUT2D eigenvalue weighted by Crippen LogP contribution is -2.48. The summed E-state index contributed by atoms with van der Waals surface area (Å²) >= 11 is 0. The Morgan fingerprint density at radius 3 is 2.63 bits per heavy atom. The number of carbonyl (C=O) groups excluding carboxylic acids is 2. The highest BCUT2D eigenvalue weighted by Crippen LogP contribution is 2.30. The zero-order valence-corrected chi connectivity index (χ0v) is 15.9. The molecule has 2 aromatic rings. The summed E-state index contributed by atoms with van der Waals surface area (Å²) in [4.78, 5) is 26.8. The van der Waals surface area contributed by atoms with Crippen LogP contribution in [-0.4, -0.2) is 30.6 Å². The number of halogens is 1. The summed E-state index contributed by atoms with van der Waals surface area (Å²) in [5.41, 5.74) is 0.637. The minimum atomic E-state index is -1.35. The molecule has 0 spiro atoms. The van der Waals surface area contributed by atoms with Crippen LogP contribution >= 0.6 is 0 Å². The summed E-state index contributed by atoms with van der Waals surface area (Å²) in [5, 5.41) is 2.67. The van der Waals surface area contributed by atoms with Gasteiger partial charge in [0.1, 0.15) is 5.82 Å². The predicted molar refractivity (Wildman–Crippen MR) is 103 cm³/mol. The maximum Gasteiger partial charge on any atom is 0.339 e. The molecule has 1 unspecified atom stereocenters. The Balaban J connectivity index is 1.80. The van der Waals surface area contributed by atoms with E-state index in [2.05, 4.69) is 5.32 Å². The van der Waals surface area contributed by atoms with Crippen LogP contribution in [0.25, 0.3) is 0 Å². The summed E-state index contributed by atoms with van der Waals surface area (Å²) in [5.74, 6) is -1.45. The average Bonchev–Trinajstić information content (AvgIpc) is 2.61. The van der Waals surface area contributed by atoms with Crippen LogP contribution in [0.2, 0.25) is 0 Å². The fraction of sp³-hybridized carbons (Fsp3) is 0.333.